The molecule has 0 saturated carbocycles. The van der Waals surface area contributed by atoms with Gasteiger partial charge in [-0.1, -0.05) is 6.07 Å². The van der Waals surface area contributed by atoms with Crippen molar-refractivity contribution in [1.82, 2.24) is 4.72 Å². The molecule has 98 valence electrons. The standard InChI is InChI=1S/C10H12ClN3O2S2/c1-7(5-6-11)14-18(15,16)9-4-2-3-8-10(9)13-17-12-8/h2-4,7,14H,5-6H2,1H3. The Hall–Kier alpha value is -0.760. The van der Waals surface area contributed by atoms with Gasteiger partial charge < -0.3 is 0 Å². The maximum Gasteiger partial charge on any atom is 0.243 e. The Kier molecular flexibility index (Phi) is 4.16. The summed E-state index contributed by atoms with van der Waals surface area (Å²) in [6, 6.07) is 4.71. The number of benzene rings is 1. The predicted molar refractivity (Wildman–Crippen MR) is 73.1 cm³/mol. The Balaban J connectivity index is 2.32. The van der Waals surface area contributed by atoms with E-state index in [1.165, 1.54) is 6.07 Å². The van der Waals surface area contributed by atoms with Gasteiger partial charge in [-0.2, -0.15) is 8.73 Å². The van der Waals surface area contributed by atoms with Crippen molar-refractivity contribution in [2.45, 2.75) is 24.3 Å². The smallest absolute Gasteiger partial charge is 0.208 e. The van der Waals surface area contributed by atoms with Crippen LogP contribution in [0.25, 0.3) is 0 Å². The highest BCUT2D eigenvalue weighted by molar-refractivity contribution is 7.89. The van der Waals surface area contributed by atoms with Gasteiger partial charge in [-0.05, 0) is 25.5 Å². The van der Waals surface area contributed by atoms with Crippen LogP contribution in [-0.4, -0.2) is 20.3 Å². The van der Waals surface area contributed by atoms with Gasteiger partial charge >= 0.3 is 0 Å². The van der Waals surface area contributed by atoms with Crippen LogP contribution in [0.15, 0.2) is 31.8 Å². The second-order valence-corrected chi connectivity index (χ2v) is 6.48. The number of sulfonamides is 1. The molecule has 1 atom stereocenters. The molecule has 1 aromatic carbocycles. The normalized spacial score (nSPS) is 15.2. The Morgan fingerprint density at radius 3 is 2.94 bits per heavy atom. The van der Waals surface area contributed by atoms with E-state index in [-0.39, 0.29) is 10.9 Å². The van der Waals surface area contributed by atoms with E-state index in [1.807, 2.05) is 0 Å². The van der Waals surface area contributed by atoms with Gasteiger partial charge in [0.25, 0.3) is 0 Å². The van der Waals surface area contributed by atoms with Crippen LogP contribution in [0.3, 0.4) is 0 Å². The first-order valence-electron chi connectivity index (χ1n) is 5.34. The third kappa shape index (κ3) is 2.80. The first-order valence-corrected chi connectivity index (χ1v) is 8.09. The van der Waals surface area contributed by atoms with E-state index < -0.39 is 10.0 Å². The summed E-state index contributed by atoms with van der Waals surface area (Å²) in [5.41, 5.74) is 1.00. The average Bonchev–Trinajstić information content (AvgIpc) is 2.75. The third-order valence-corrected chi connectivity index (χ3v) is 4.82. The molecule has 0 bridgehead atoms. The summed E-state index contributed by atoms with van der Waals surface area (Å²) in [6.07, 6.45) is 0.575. The van der Waals surface area contributed by atoms with Gasteiger partial charge in [-0.15, -0.1) is 11.6 Å². The number of nitrogens with one attached hydrogen (secondary N) is 1. The van der Waals surface area contributed by atoms with Crippen molar-refractivity contribution in [2.75, 3.05) is 5.88 Å². The van der Waals surface area contributed by atoms with Crippen molar-refractivity contribution in [2.24, 2.45) is 8.73 Å². The molecule has 0 fully saturated rings. The summed E-state index contributed by atoms with van der Waals surface area (Å²) in [4.78, 5) is 0.162. The lowest BCUT2D eigenvalue weighted by Gasteiger charge is -2.13. The van der Waals surface area contributed by atoms with Crippen molar-refractivity contribution in [3.05, 3.63) is 18.2 Å². The number of rotatable bonds is 5. The van der Waals surface area contributed by atoms with E-state index >= 15 is 0 Å². The van der Waals surface area contributed by atoms with Gasteiger partial charge in [0.2, 0.25) is 10.0 Å². The molecule has 8 heteroatoms. The van der Waals surface area contributed by atoms with E-state index in [9.17, 15) is 8.42 Å². The van der Waals surface area contributed by atoms with E-state index in [1.54, 1.807) is 19.1 Å². The SMILES string of the molecule is CC(CCCl)NS(=O)(=O)c1cccc2c1N=S=N2. The van der Waals surface area contributed by atoms with E-state index in [4.69, 9.17) is 11.6 Å². The quantitative estimate of drug-likeness (QED) is 0.863. The number of nitrogens with zero attached hydrogens (tertiary/aromatic N) is 2. The van der Waals surface area contributed by atoms with E-state index in [0.29, 0.717) is 23.7 Å². The number of fused-ring (bicyclic) bond motifs is 1. The summed E-state index contributed by atoms with van der Waals surface area (Å²) >= 11 is 6.59. The van der Waals surface area contributed by atoms with Gasteiger partial charge in [0.1, 0.15) is 16.3 Å². The van der Waals surface area contributed by atoms with Crippen LogP contribution in [0, 0.1) is 0 Å². The molecule has 0 aliphatic carbocycles. The fourth-order valence-corrected chi connectivity index (χ4v) is 3.92. The minimum atomic E-state index is -3.58. The van der Waals surface area contributed by atoms with Crippen LogP contribution in [0.2, 0.25) is 0 Å². The predicted octanol–water partition coefficient (Wildman–Crippen LogP) is 2.71. The molecule has 1 N–H and O–H groups in total. The molecule has 1 aliphatic rings. The average molecular weight is 306 g/mol. The molecule has 2 rings (SSSR count). The lowest BCUT2D eigenvalue weighted by atomic mass is 10.3. The van der Waals surface area contributed by atoms with Gasteiger partial charge in [0.15, 0.2) is 0 Å². The lowest BCUT2D eigenvalue weighted by Crippen LogP contribution is -2.32. The highest BCUT2D eigenvalue weighted by atomic mass is 35.5. The molecule has 5 nitrogen and oxygen atoms in total. The monoisotopic (exact) mass is 305 g/mol. The van der Waals surface area contributed by atoms with Crippen LogP contribution in [0.5, 0.6) is 0 Å². The molecule has 0 saturated heterocycles. The van der Waals surface area contributed by atoms with Gasteiger partial charge in [0.05, 0.1) is 11.4 Å². The Morgan fingerprint density at radius 2 is 2.22 bits per heavy atom. The number of hydrogen-bond donors (Lipinski definition) is 1. The van der Waals surface area contributed by atoms with Crippen LogP contribution in [-0.2, 0) is 21.4 Å². The minimum absolute atomic E-state index is 0.162. The topological polar surface area (TPSA) is 70.9 Å². The summed E-state index contributed by atoms with van der Waals surface area (Å²) in [6.45, 7) is 1.78. The molecule has 1 heterocycles. The molecule has 1 aliphatic heterocycles. The Bertz CT molecular complexity index is 624. The summed E-state index contributed by atoms with van der Waals surface area (Å²) in [5.74, 6) is 0.409. The van der Waals surface area contributed by atoms with Crippen LogP contribution >= 0.6 is 11.6 Å². The first kappa shape index (κ1) is 13.7. The highest BCUT2D eigenvalue weighted by Crippen LogP contribution is 2.37. The van der Waals surface area contributed by atoms with Gasteiger partial charge in [-0.25, -0.2) is 13.1 Å². The van der Waals surface area contributed by atoms with Crippen molar-refractivity contribution in [3.63, 3.8) is 0 Å². The number of halogens is 1. The van der Waals surface area contributed by atoms with Crippen molar-refractivity contribution in [3.8, 4) is 0 Å². The fourth-order valence-electron chi connectivity index (χ4n) is 1.55. The maximum atomic E-state index is 12.2. The second-order valence-electron chi connectivity index (χ2n) is 3.89. The summed E-state index contributed by atoms with van der Waals surface area (Å²) < 4.78 is 35.1. The molecular weight excluding hydrogens is 294 g/mol. The molecule has 0 radical (unpaired) electrons. The molecule has 0 spiro atoms. The zero-order valence-corrected chi connectivity index (χ0v) is 12.0. The molecular formula is C10H12ClN3O2S2. The Labute approximate surface area is 114 Å². The fraction of sp³-hybridized carbons (Fsp3) is 0.400. The highest BCUT2D eigenvalue weighted by Gasteiger charge is 2.23. The third-order valence-electron chi connectivity index (χ3n) is 2.44. The van der Waals surface area contributed by atoms with Crippen LogP contribution in [0.1, 0.15) is 13.3 Å². The minimum Gasteiger partial charge on any atom is -0.208 e. The largest absolute Gasteiger partial charge is 0.243 e. The van der Waals surface area contributed by atoms with Crippen molar-refractivity contribution >= 4 is 44.4 Å². The van der Waals surface area contributed by atoms with Crippen LogP contribution < -0.4 is 4.72 Å². The Morgan fingerprint density at radius 1 is 1.44 bits per heavy atom. The first-order chi connectivity index (χ1) is 8.54. The molecule has 1 aromatic rings. The second kappa shape index (κ2) is 5.48. The number of hydrogen-bond acceptors (Lipinski definition) is 4. The molecule has 0 amide bonds. The maximum absolute atomic E-state index is 12.2. The molecule has 1 unspecified atom stereocenters. The van der Waals surface area contributed by atoms with E-state index in [0.717, 1.165) is 11.4 Å². The lowest BCUT2D eigenvalue weighted by molar-refractivity contribution is 0.557. The van der Waals surface area contributed by atoms with Gasteiger partial charge in [-0.3, -0.25) is 0 Å². The van der Waals surface area contributed by atoms with E-state index in [2.05, 4.69) is 13.4 Å². The summed E-state index contributed by atoms with van der Waals surface area (Å²) in [7, 11) is -3.58. The molecule has 0 aromatic heterocycles. The zero-order valence-electron chi connectivity index (χ0n) is 9.63. The summed E-state index contributed by atoms with van der Waals surface area (Å²) in [5, 5.41) is 0. The van der Waals surface area contributed by atoms with Crippen molar-refractivity contribution < 1.29 is 8.42 Å². The van der Waals surface area contributed by atoms with Crippen LogP contribution in [0.4, 0.5) is 11.4 Å². The number of alkyl halides is 1. The van der Waals surface area contributed by atoms with Crippen molar-refractivity contribution in [1.29, 1.82) is 0 Å². The van der Waals surface area contributed by atoms with Gasteiger partial charge in [0, 0.05) is 11.9 Å². The zero-order chi connectivity index (χ0) is 13.2. The molecule has 18 heavy (non-hydrogen) atoms.